The maximum absolute atomic E-state index is 12.6. The first-order valence-corrected chi connectivity index (χ1v) is 7.59. The van der Waals surface area contributed by atoms with Crippen LogP contribution >= 0.6 is 0 Å². The van der Waals surface area contributed by atoms with E-state index in [1.165, 1.54) is 0 Å². The zero-order valence-electron chi connectivity index (χ0n) is 12.4. The number of carbonyl (C=O) groups excluding carboxylic acids is 1. The van der Waals surface area contributed by atoms with E-state index in [1.807, 2.05) is 24.0 Å². The Balaban J connectivity index is 1.75. The van der Waals surface area contributed by atoms with E-state index in [0.717, 1.165) is 25.9 Å². The second-order valence-electron chi connectivity index (χ2n) is 5.87. The minimum atomic E-state index is 0.0531. The normalized spacial score (nSPS) is 22.8. The minimum Gasteiger partial charge on any atom is -0.486 e. The zero-order valence-corrected chi connectivity index (χ0v) is 12.4. The number of carbonyl (C=O) groups is 1. The number of amides is 1. The molecule has 21 heavy (non-hydrogen) atoms. The van der Waals surface area contributed by atoms with Gasteiger partial charge in [-0.1, -0.05) is 0 Å². The fraction of sp³-hybridized carbons (Fsp3) is 0.562. The summed E-state index contributed by atoms with van der Waals surface area (Å²) in [5.74, 6) is 1.81. The van der Waals surface area contributed by atoms with Crippen LogP contribution in [-0.2, 0) is 0 Å². The van der Waals surface area contributed by atoms with Crippen molar-refractivity contribution in [1.29, 1.82) is 0 Å². The highest BCUT2D eigenvalue weighted by Gasteiger charge is 2.27. The number of nitrogens with two attached hydrogens (primary N) is 1. The molecule has 0 bridgehead atoms. The van der Waals surface area contributed by atoms with Crippen molar-refractivity contribution >= 4 is 5.91 Å². The van der Waals surface area contributed by atoms with Crippen LogP contribution in [0.25, 0.3) is 0 Å². The van der Waals surface area contributed by atoms with Gasteiger partial charge in [0.15, 0.2) is 11.5 Å². The molecular weight excluding hydrogens is 268 g/mol. The van der Waals surface area contributed by atoms with Crippen molar-refractivity contribution in [3.05, 3.63) is 23.8 Å². The summed E-state index contributed by atoms with van der Waals surface area (Å²) in [6.07, 6.45) is 2.12. The Morgan fingerprint density at radius 2 is 2.10 bits per heavy atom. The molecule has 2 atom stereocenters. The van der Waals surface area contributed by atoms with Gasteiger partial charge < -0.3 is 20.1 Å². The van der Waals surface area contributed by atoms with Crippen LogP contribution in [0.1, 0.15) is 30.1 Å². The van der Waals surface area contributed by atoms with Crippen LogP contribution < -0.4 is 15.2 Å². The average molecular weight is 290 g/mol. The Morgan fingerprint density at radius 3 is 2.86 bits per heavy atom. The summed E-state index contributed by atoms with van der Waals surface area (Å²) >= 11 is 0. The summed E-state index contributed by atoms with van der Waals surface area (Å²) in [5.41, 5.74) is 6.64. The molecule has 0 aliphatic carbocycles. The second kappa shape index (κ2) is 5.93. The van der Waals surface area contributed by atoms with Gasteiger partial charge in [0.1, 0.15) is 13.2 Å². The van der Waals surface area contributed by atoms with Crippen molar-refractivity contribution in [2.45, 2.75) is 25.8 Å². The highest BCUT2D eigenvalue weighted by atomic mass is 16.6. The monoisotopic (exact) mass is 290 g/mol. The molecule has 1 aromatic rings. The number of nitrogens with zero attached hydrogens (tertiary/aromatic N) is 1. The lowest BCUT2D eigenvalue weighted by Crippen LogP contribution is -2.45. The molecule has 0 saturated carbocycles. The predicted octanol–water partition coefficient (Wildman–Crippen LogP) is 1.66. The van der Waals surface area contributed by atoms with Crippen LogP contribution in [0.5, 0.6) is 11.5 Å². The highest BCUT2D eigenvalue weighted by Crippen LogP contribution is 2.31. The van der Waals surface area contributed by atoms with Gasteiger partial charge in [0, 0.05) is 24.7 Å². The van der Waals surface area contributed by atoms with Gasteiger partial charge in [0.05, 0.1) is 0 Å². The van der Waals surface area contributed by atoms with Crippen LogP contribution in [0.3, 0.4) is 0 Å². The lowest BCUT2D eigenvalue weighted by Gasteiger charge is -2.34. The number of benzene rings is 1. The van der Waals surface area contributed by atoms with Crippen LogP contribution in [-0.4, -0.2) is 43.2 Å². The lowest BCUT2D eigenvalue weighted by atomic mass is 9.92. The van der Waals surface area contributed by atoms with E-state index in [1.54, 1.807) is 6.07 Å². The van der Waals surface area contributed by atoms with Gasteiger partial charge in [-0.25, -0.2) is 0 Å². The SMILES string of the molecule is CC(N)C1CCCN(C(=O)c2ccc3c(c2)OCCO3)C1. The summed E-state index contributed by atoms with van der Waals surface area (Å²) in [6.45, 7) is 4.65. The van der Waals surface area contributed by atoms with E-state index in [2.05, 4.69) is 0 Å². The molecule has 5 heteroatoms. The molecule has 1 saturated heterocycles. The standard InChI is InChI=1S/C16H22N2O3/c1-11(17)13-3-2-6-18(10-13)16(19)12-4-5-14-15(9-12)21-8-7-20-14/h4-5,9,11,13H,2-3,6-8,10,17H2,1H3. The fourth-order valence-corrected chi connectivity index (χ4v) is 2.98. The Hall–Kier alpha value is -1.75. The van der Waals surface area contributed by atoms with Gasteiger partial charge in [0.2, 0.25) is 0 Å². The Bertz CT molecular complexity index is 530. The molecule has 5 nitrogen and oxygen atoms in total. The van der Waals surface area contributed by atoms with E-state index in [0.29, 0.717) is 36.2 Å². The van der Waals surface area contributed by atoms with E-state index in [9.17, 15) is 4.79 Å². The maximum Gasteiger partial charge on any atom is 0.254 e. The van der Waals surface area contributed by atoms with Crippen molar-refractivity contribution in [1.82, 2.24) is 4.90 Å². The van der Waals surface area contributed by atoms with Gasteiger partial charge >= 0.3 is 0 Å². The molecule has 2 N–H and O–H groups in total. The summed E-state index contributed by atoms with van der Waals surface area (Å²) in [6, 6.07) is 5.53. The zero-order chi connectivity index (χ0) is 14.8. The molecule has 2 heterocycles. The van der Waals surface area contributed by atoms with Crippen LogP contribution in [0.15, 0.2) is 18.2 Å². The van der Waals surface area contributed by atoms with E-state index in [-0.39, 0.29) is 11.9 Å². The molecule has 2 aliphatic rings. The molecule has 3 rings (SSSR count). The van der Waals surface area contributed by atoms with Gasteiger partial charge in [-0.3, -0.25) is 4.79 Å². The summed E-state index contributed by atoms with van der Waals surface area (Å²) < 4.78 is 11.0. The molecule has 114 valence electrons. The molecule has 0 radical (unpaired) electrons. The fourth-order valence-electron chi connectivity index (χ4n) is 2.98. The third-order valence-electron chi connectivity index (χ3n) is 4.28. The third-order valence-corrected chi connectivity index (χ3v) is 4.28. The van der Waals surface area contributed by atoms with Crippen molar-refractivity contribution < 1.29 is 14.3 Å². The van der Waals surface area contributed by atoms with Crippen molar-refractivity contribution in [2.75, 3.05) is 26.3 Å². The smallest absolute Gasteiger partial charge is 0.254 e. The quantitative estimate of drug-likeness (QED) is 0.899. The molecule has 1 amide bonds. The van der Waals surface area contributed by atoms with Gasteiger partial charge in [-0.2, -0.15) is 0 Å². The van der Waals surface area contributed by atoms with Crippen molar-refractivity contribution in [3.63, 3.8) is 0 Å². The minimum absolute atomic E-state index is 0.0531. The second-order valence-corrected chi connectivity index (χ2v) is 5.87. The molecule has 0 aromatic heterocycles. The third kappa shape index (κ3) is 2.97. The number of rotatable bonds is 2. The Kier molecular flexibility index (Phi) is 4.01. The number of piperidine rings is 1. The number of hydrogen-bond donors (Lipinski definition) is 1. The van der Waals surface area contributed by atoms with E-state index < -0.39 is 0 Å². The van der Waals surface area contributed by atoms with Gasteiger partial charge in [0.25, 0.3) is 5.91 Å². The topological polar surface area (TPSA) is 64.8 Å². The predicted molar refractivity (Wildman–Crippen MR) is 79.7 cm³/mol. The van der Waals surface area contributed by atoms with Crippen molar-refractivity contribution in [2.24, 2.45) is 11.7 Å². The van der Waals surface area contributed by atoms with Crippen molar-refractivity contribution in [3.8, 4) is 11.5 Å². The Labute approximate surface area is 125 Å². The lowest BCUT2D eigenvalue weighted by molar-refractivity contribution is 0.0660. The number of fused-ring (bicyclic) bond motifs is 1. The number of hydrogen-bond acceptors (Lipinski definition) is 4. The van der Waals surface area contributed by atoms with Gasteiger partial charge in [-0.05, 0) is 43.9 Å². The molecule has 0 spiro atoms. The molecule has 1 aromatic carbocycles. The summed E-state index contributed by atoms with van der Waals surface area (Å²) in [4.78, 5) is 14.5. The molecule has 2 unspecified atom stereocenters. The number of likely N-dealkylation sites (tertiary alicyclic amines) is 1. The van der Waals surface area contributed by atoms with E-state index in [4.69, 9.17) is 15.2 Å². The molecular formula is C16H22N2O3. The largest absolute Gasteiger partial charge is 0.486 e. The average Bonchev–Trinajstić information content (AvgIpc) is 2.53. The highest BCUT2D eigenvalue weighted by molar-refractivity contribution is 5.95. The van der Waals surface area contributed by atoms with Crippen LogP contribution in [0.4, 0.5) is 0 Å². The Morgan fingerprint density at radius 1 is 1.33 bits per heavy atom. The number of ether oxygens (including phenoxy) is 2. The summed E-state index contributed by atoms with van der Waals surface area (Å²) in [7, 11) is 0. The first-order valence-electron chi connectivity index (χ1n) is 7.59. The first-order chi connectivity index (χ1) is 10.1. The first kappa shape index (κ1) is 14.2. The van der Waals surface area contributed by atoms with Crippen LogP contribution in [0.2, 0.25) is 0 Å². The van der Waals surface area contributed by atoms with E-state index >= 15 is 0 Å². The molecule has 2 aliphatic heterocycles. The summed E-state index contributed by atoms with van der Waals surface area (Å²) in [5, 5.41) is 0. The van der Waals surface area contributed by atoms with Gasteiger partial charge in [-0.15, -0.1) is 0 Å². The van der Waals surface area contributed by atoms with Crippen LogP contribution in [0, 0.1) is 5.92 Å². The maximum atomic E-state index is 12.6. The molecule has 1 fully saturated rings.